The van der Waals surface area contributed by atoms with Crippen molar-refractivity contribution in [3.63, 3.8) is 0 Å². The number of nitrogens with zero attached hydrogens (tertiary/aromatic N) is 2. The maximum atomic E-state index is 12.8. The Labute approximate surface area is 153 Å². The molecule has 3 rings (SSSR count). The number of fused-ring (bicyclic) bond motifs is 1. The second kappa shape index (κ2) is 7.34. The molecule has 0 aliphatic carbocycles. The lowest BCUT2D eigenvalue weighted by Crippen LogP contribution is -2.47. The summed E-state index contributed by atoms with van der Waals surface area (Å²) >= 11 is 0. The third-order valence-corrected chi connectivity index (χ3v) is 6.53. The van der Waals surface area contributed by atoms with E-state index >= 15 is 0 Å². The van der Waals surface area contributed by atoms with E-state index in [-0.39, 0.29) is 16.7 Å². The Morgan fingerprint density at radius 3 is 2.58 bits per heavy atom. The van der Waals surface area contributed by atoms with E-state index in [2.05, 4.69) is 5.32 Å². The highest BCUT2D eigenvalue weighted by atomic mass is 32.2. The average Bonchev–Trinajstić information content (AvgIpc) is 3.01. The summed E-state index contributed by atoms with van der Waals surface area (Å²) < 4.78 is 32.3. The summed E-state index contributed by atoms with van der Waals surface area (Å²) in [6.45, 7) is 5.07. The molecule has 1 atom stereocenters. The largest absolute Gasteiger partial charge is 0.379 e. The van der Waals surface area contributed by atoms with Crippen molar-refractivity contribution in [2.75, 3.05) is 37.7 Å². The number of carbonyl (C=O) groups excluding carboxylic acids is 2. The van der Waals surface area contributed by atoms with E-state index in [9.17, 15) is 18.0 Å². The van der Waals surface area contributed by atoms with Crippen LogP contribution >= 0.6 is 0 Å². The summed E-state index contributed by atoms with van der Waals surface area (Å²) in [5.41, 5.74) is 1.28. The zero-order chi connectivity index (χ0) is 18.9. The number of carbonyl (C=O) groups is 2. The van der Waals surface area contributed by atoms with Gasteiger partial charge in [-0.05, 0) is 30.7 Å². The minimum atomic E-state index is -3.62. The van der Waals surface area contributed by atoms with Crippen LogP contribution in [-0.2, 0) is 30.8 Å². The molecule has 142 valence electrons. The quantitative estimate of drug-likeness (QED) is 0.799. The summed E-state index contributed by atoms with van der Waals surface area (Å²) in [4.78, 5) is 26.0. The van der Waals surface area contributed by atoms with E-state index in [1.54, 1.807) is 12.1 Å². The molecule has 0 unspecified atom stereocenters. The number of benzene rings is 1. The van der Waals surface area contributed by atoms with E-state index in [0.717, 1.165) is 0 Å². The predicted octanol–water partition coefficient (Wildman–Crippen LogP) is 0.121. The number of nitrogens with one attached hydrogen (secondary N) is 1. The van der Waals surface area contributed by atoms with Gasteiger partial charge in [-0.25, -0.2) is 8.42 Å². The number of hydrogen-bond acceptors (Lipinski definition) is 5. The van der Waals surface area contributed by atoms with Crippen LogP contribution in [0.1, 0.15) is 19.4 Å². The third kappa shape index (κ3) is 3.34. The van der Waals surface area contributed by atoms with Crippen LogP contribution in [0.2, 0.25) is 0 Å². The van der Waals surface area contributed by atoms with Crippen LogP contribution in [-0.4, -0.2) is 63.4 Å². The number of likely N-dealkylation sites (N-methyl/N-ethyl adjacent to an activating group) is 1. The van der Waals surface area contributed by atoms with Crippen molar-refractivity contribution in [1.29, 1.82) is 0 Å². The number of rotatable bonds is 4. The number of ether oxygens (including phenoxy) is 1. The number of amides is 2. The molecule has 9 heteroatoms. The van der Waals surface area contributed by atoms with Crippen LogP contribution in [0, 0.1) is 0 Å². The minimum Gasteiger partial charge on any atom is -0.379 e. The van der Waals surface area contributed by atoms with Gasteiger partial charge >= 0.3 is 0 Å². The zero-order valence-electron chi connectivity index (χ0n) is 14.9. The zero-order valence-corrected chi connectivity index (χ0v) is 15.7. The first-order valence-electron chi connectivity index (χ1n) is 8.64. The molecule has 1 aromatic carbocycles. The first-order chi connectivity index (χ1) is 12.4. The van der Waals surface area contributed by atoms with Crippen molar-refractivity contribution in [2.45, 2.75) is 31.2 Å². The van der Waals surface area contributed by atoms with Crippen molar-refractivity contribution in [1.82, 2.24) is 9.62 Å². The van der Waals surface area contributed by atoms with Crippen molar-refractivity contribution in [3.8, 4) is 0 Å². The monoisotopic (exact) mass is 381 g/mol. The smallest absolute Gasteiger partial charge is 0.243 e. The fourth-order valence-electron chi connectivity index (χ4n) is 3.42. The Hall–Kier alpha value is -1.97. The molecule has 26 heavy (non-hydrogen) atoms. The van der Waals surface area contributed by atoms with Gasteiger partial charge in [0.15, 0.2) is 0 Å². The second-order valence-electron chi connectivity index (χ2n) is 6.31. The summed E-state index contributed by atoms with van der Waals surface area (Å²) in [5.74, 6) is -0.486. The van der Waals surface area contributed by atoms with Gasteiger partial charge in [0.1, 0.15) is 6.04 Å². The second-order valence-corrected chi connectivity index (χ2v) is 8.25. The average molecular weight is 381 g/mol. The number of hydrogen-bond donors (Lipinski definition) is 1. The third-order valence-electron chi connectivity index (χ3n) is 4.64. The first-order valence-corrected chi connectivity index (χ1v) is 10.1. The fourth-order valence-corrected chi connectivity index (χ4v) is 4.87. The highest BCUT2D eigenvalue weighted by molar-refractivity contribution is 7.89. The fraction of sp³-hybridized carbons (Fsp3) is 0.529. The molecule has 2 aliphatic rings. The van der Waals surface area contributed by atoms with E-state index < -0.39 is 16.1 Å². The van der Waals surface area contributed by atoms with Crippen LogP contribution in [0.15, 0.2) is 23.1 Å². The lowest BCUT2D eigenvalue weighted by atomic mass is 10.1. The first kappa shape index (κ1) is 18.8. The van der Waals surface area contributed by atoms with E-state index in [0.29, 0.717) is 50.5 Å². The Kier molecular flexibility index (Phi) is 5.31. The molecule has 1 aromatic rings. The number of sulfonamides is 1. The van der Waals surface area contributed by atoms with Gasteiger partial charge in [0.2, 0.25) is 21.8 Å². The molecule has 1 saturated heterocycles. The van der Waals surface area contributed by atoms with Crippen molar-refractivity contribution in [2.24, 2.45) is 0 Å². The van der Waals surface area contributed by atoms with E-state index in [4.69, 9.17) is 4.74 Å². The van der Waals surface area contributed by atoms with E-state index in [1.165, 1.54) is 22.2 Å². The van der Waals surface area contributed by atoms with Crippen molar-refractivity contribution >= 4 is 27.5 Å². The highest BCUT2D eigenvalue weighted by Crippen LogP contribution is 2.35. The van der Waals surface area contributed by atoms with Crippen LogP contribution in [0.5, 0.6) is 0 Å². The standard InChI is InChI=1S/C17H23N3O5S/c1-3-18-17(22)16-11-13-10-14(4-5-15(13)20(16)12(2)21)26(23,24)19-6-8-25-9-7-19/h4-5,10,16H,3,6-9,11H2,1-2H3,(H,18,22)/t16-/m0/s1. The Bertz CT molecular complexity index is 818. The molecule has 0 radical (unpaired) electrons. The summed E-state index contributed by atoms with van der Waals surface area (Å²) in [6.07, 6.45) is 0.299. The molecule has 8 nitrogen and oxygen atoms in total. The molecule has 0 aromatic heterocycles. The van der Waals surface area contributed by atoms with Crippen LogP contribution in [0.3, 0.4) is 0 Å². The Morgan fingerprint density at radius 1 is 1.27 bits per heavy atom. The summed E-state index contributed by atoms with van der Waals surface area (Å²) in [7, 11) is -3.62. The molecular formula is C17H23N3O5S. The minimum absolute atomic E-state index is 0.179. The lowest BCUT2D eigenvalue weighted by Gasteiger charge is -2.26. The van der Waals surface area contributed by atoms with Gasteiger partial charge in [0.05, 0.1) is 18.1 Å². The van der Waals surface area contributed by atoms with Gasteiger partial charge in [0, 0.05) is 38.7 Å². The highest BCUT2D eigenvalue weighted by Gasteiger charge is 2.38. The van der Waals surface area contributed by atoms with Gasteiger partial charge in [-0.3, -0.25) is 14.5 Å². The van der Waals surface area contributed by atoms with Crippen LogP contribution < -0.4 is 10.2 Å². The van der Waals surface area contributed by atoms with Crippen molar-refractivity contribution in [3.05, 3.63) is 23.8 Å². The molecule has 1 fully saturated rings. The molecule has 2 heterocycles. The van der Waals surface area contributed by atoms with Crippen LogP contribution in [0.25, 0.3) is 0 Å². The normalized spacial score (nSPS) is 20.7. The predicted molar refractivity (Wildman–Crippen MR) is 95.4 cm³/mol. The van der Waals surface area contributed by atoms with Gasteiger partial charge in [0.25, 0.3) is 0 Å². The topological polar surface area (TPSA) is 96.0 Å². The SMILES string of the molecule is CCNC(=O)[C@@H]1Cc2cc(S(=O)(=O)N3CCOCC3)ccc2N1C(C)=O. The van der Waals surface area contributed by atoms with E-state index in [1.807, 2.05) is 6.92 Å². The molecule has 1 N–H and O–H groups in total. The van der Waals surface area contributed by atoms with Gasteiger partial charge < -0.3 is 10.1 Å². The van der Waals surface area contributed by atoms with Crippen LogP contribution in [0.4, 0.5) is 5.69 Å². The Balaban J connectivity index is 1.93. The molecule has 2 aliphatic heterocycles. The lowest BCUT2D eigenvalue weighted by molar-refractivity contribution is -0.125. The molecule has 0 spiro atoms. The summed E-state index contributed by atoms with van der Waals surface area (Å²) in [5, 5.41) is 2.73. The Morgan fingerprint density at radius 2 is 1.96 bits per heavy atom. The van der Waals surface area contributed by atoms with Crippen molar-refractivity contribution < 1.29 is 22.7 Å². The maximum absolute atomic E-state index is 12.8. The van der Waals surface area contributed by atoms with Gasteiger partial charge in [-0.2, -0.15) is 4.31 Å². The molecular weight excluding hydrogens is 358 g/mol. The molecule has 2 amide bonds. The summed E-state index contributed by atoms with van der Waals surface area (Å²) in [6, 6.07) is 4.04. The maximum Gasteiger partial charge on any atom is 0.243 e. The molecule has 0 saturated carbocycles. The molecule has 0 bridgehead atoms. The van der Waals surface area contributed by atoms with Gasteiger partial charge in [-0.15, -0.1) is 0 Å². The number of anilines is 1. The number of morpholine rings is 1. The van der Waals surface area contributed by atoms with Gasteiger partial charge in [-0.1, -0.05) is 0 Å².